The highest BCUT2D eigenvalue weighted by Crippen LogP contribution is 2.36. The molecule has 0 radical (unpaired) electrons. The van der Waals surface area contributed by atoms with Gasteiger partial charge in [0.2, 0.25) is 0 Å². The number of hydrogen-bond acceptors (Lipinski definition) is 10. The lowest BCUT2D eigenvalue weighted by molar-refractivity contribution is -0.132. The third-order valence-corrected chi connectivity index (χ3v) is 5.62. The van der Waals surface area contributed by atoms with E-state index in [9.17, 15) is 21.6 Å². The molecular weight excluding hydrogens is 392 g/mol. The van der Waals surface area contributed by atoms with Crippen molar-refractivity contribution in [3.63, 3.8) is 0 Å². The molecule has 0 unspecified atom stereocenters. The van der Waals surface area contributed by atoms with Crippen LogP contribution in [0.1, 0.15) is 15.9 Å². The van der Waals surface area contributed by atoms with Crippen molar-refractivity contribution in [1.82, 2.24) is 0 Å². The summed E-state index contributed by atoms with van der Waals surface area (Å²) in [6.45, 7) is 0. The van der Waals surface area contributed by atoms with Gasteiger partial charge in [0.25, 0.3) is 0 Å². The number of methoxy groups -OCH3 is 1. The van der Waals surface area contributed by atoms with Crippen LogP contribution in [-0.4, -0.2) is 40.2 Å². The second kappa shape index (κ2) is 7.49. The van der Waals surface area contributed by atoms with E-state index in [4.69, 9.17) is 15.3 Å². The van der Waals surface area contributed by atoms with Crippen molar-refractivity contribution < 1.29 is 45.5 Å². The molecule has 2 aromatic carbocycles. The minimum absolute atomic E-state index is 0.0281. The van der Waals surface area contributed by atoms with E-state index < -0.39 is 47.1 Å². The Labute approximate surface area is 148 Å². The first-order valence-corrected chi connectivity index (χ1v) is 9.48. The number of rotatable bonds is 7. The molecule has 10 nitrogen and oxygen atoms in total. The van der Waals surface area contributed by atoms with E-state index >= 15 is 0 Å². The van der Waals surface area contributed by atoms with E-state index in [-0.39, 0.29) is 5.56 Å². The van der Waals surface area contributed by atoms with E-state index in [1.807, 2.05) is 0 Å². The monoisotopic (exact) mass is 404 g/mol. The Morgan fingerprint density at radius 3 is 1.88 bits per heavy atom. The summed E-state index contributed by atoms with van der Waals surface area (Å²) in [6.07, 6.45) is 0. The molecule has 0 aromatic heterocycles. The summed E-state index contributed by atoms with van der Waals surface area (Å²) in [4.78, 5) is 10.2. The van der Waals surface area contributed by atoms with Crippen LogP contribution in [0.3, 0.4) is 0 Å². The van der Waals surface area contributed by atoms with Crippen LogP contribution in [0.15, 0.2) is 52.3 Å². The van der Waals surface area contributed by atoms with Gasteiger partial charge in [-0.3, -0.25) is 4.79 Å². The van der Waals surface area contributed by atoms with Gasteiger partial charge in [-0.25, -0.2) is 10.5 Å². The Hall–Kier alpha value is -2.35. The zero-order valence-electron chi connectivity index (χ0n) is 13.0. The normalized spacial score (nSPS) is 12.0. The lowest BCUT2D eigenvalue weighted by atomic mass is 10.0. The van der Waals surface area contributed by atoms with Crippen molar-refractivity contribution in [3.05, 3.63) is 53.6 Å². The van der Waals surface area contributed by atoms with Crippen LogP contribution < -0.4 is 4.74 Å². The molecule has 0 heterocycles. The summed E-state index contributed by atoms with van der Waals surface area (Å²) in [7, 11) is -9.23. The maximum absolute atomic E-state index is 12.7. The zero-order valence-corrected chi connectivity index (χ0v) is 14.7. The molecule has 12 heteroatoms. The van der Waals surface area contributed by atoms with Crippen LogP contribution >= 0.6 is 0 Å². The maximum Gasteiger partial charge on any atom is 0.328 e. The van der Waals surface area contributed by atoms with E-state index in [1.165, 1.54) is 24.3 Å². The summed E-state index contributed by atoms with van der Waals surface area (Å²) in [5.41, 5.74) is -0.623. The number of carbonyl (C=O) groups is 1. The molecule has 0 spiro atoms. The van der Waals surface area contributed by atoms with E-state index in [0.717, 1.165) is 19.2 Å². The lowest BCUT2D eigenvalue weighted by Crippen LogP contribution is -2.18. The van der Waals surface area contributed by atoms with E-state index in [0.29, 0.717) is 0 Å². The number of benzene rings is 2. The van der Waals surface area contributed by atoms with E-state index in [1.54, 1.807) is 6.07 Å². The molecule has 2 rings (SSSR count). The van der Waals surface area contributed by atoms with Gasteiger partial charge in [0, 0.05) is 11.1 Å². The minimum Gasteiger partial charge on any atom is -0.495 e. The molecule has 0 aliphatic carbocycles. The molecule has 0 atom stereocenters. The van der Waals surface area contributed by atoms with Gasteiger partial charge in [-0.05, 0) is 12.1 Å². The van der Waals surface area contributed by atoms with Gasteiger partial charge in [-0.2, -0.15) is 16.8 Å². The predicted octanol–water partition coefficient (Wildman–Crippen LogP) is 1.28. The Morgan fingerprint density at radius 1 is 0.846 bits per heavy atom. The second-order valence-corrected chi connectivity index (χ2v) is 7.66. The van der Waals surface area contributed by atoms with Gasteiger partial charge in [0.1, 0.15) is 10.6 Å². The molecule has 140 valence electrons. The van der Waals surface area contributed by atoms with Crippen LogP contribution in [0.25, 0.3) is 0 Å². The first-order valence-electron chi connectivity index (χ1n) is 6.66. The van der Waals surface area contributed by atoms with Crippen molar-refractivity contribution in [1.29, 1.82) is 0 Å². The average Bonchev–Trinajstić information content (AvgIpc) is 2.66. The van der Waals surface area contributed by atoms with Crippen molar-refractivity contribution >= 4 is 26.0 Å². The van der Waals surface area contributed by atoms with E-state index in [2.05, 4.69) is 8.67 Å². The largest absolute Gasteiger partial charge is 0.495 e. The maximum atomic E-state index is 12.7. The van der Waals surface area contributed by atoms with Crippen LogP contribution in [0.4, 0.5) is 0 Å². The first kappa shape index (κ1) is 20.0. The third-order valence-electron chi connectivity index (χ3n) is 3.27. The molecule has 0 saturated heterocycles. The molecule has 2 aromatic rings. The Kier molecular flexibility index (Phi) is 5.75. The van der Waals surface area contributed by atoms with Gasteiger partial charge in [0.05, 0.1) is 7.11 Å². The van der Waals surface area contributed by atoms with Crippen molar-refractivity contribution in [2.45, 2.75) is 9.79 Å². The standard InChI is InChI=1S/C14H12O10S2/c1-22-11-8-7-10(12(15)9-5-3-2-4-6-9)13(25(18,19)23-16)14(11)26(20,21)24-17/h2-8,16-17H,1H3. The summed E-state index contributed by atoms with van der Waals surface area (Å²) in [5, 5.41) is 17.4. The molecule has 0 amide bonds. The molecule has 0 bridgehead atoms. The van der Waals surface area contributed by atoms with Gasteiger partial charge in [-0.1, -0.05) is 30.3 Å². The third kappa shape index (κ3) is 3.60. The van der Waals surface area contributed by atoms with Crippen molar-refractivity contribution in [2.24, 2.45) is 0 Å². The quantitative estimate of drug-likeness (QED) is 0.392. The summed E-state index contributed by atoms with van der Waals surface area (Å²) < 4.78 is 59.8. The molecule has 0 aliphatic heterocycles. The topological polar surface area (TPSA) is 153 Å². The highest BCUT2D eigenvalue weighted by atomic mass is 32.2. The number of carbonyl (C=O) groups excluding carboxylic acids is 1. The Morgan fingerprint density at radius 2 is 1.38 bits per heavy atom. The SMILES string of the molecule is COc1ccc(C(=O)c2ccccc2)c(S(=O)(=O)OO)c1S(=O)(=O)OO. The lowest BCUT2D eigenvalue weighted by Gasteiger charge is -2.15. The minimum atomic E-state index is -5.15. The second-order valence-electron chi connectivity index (χ2n) is 4.73. The summed E-state index contributed by atoms with van der Waals surface area (Å²) >= 11 is 0. The van der Waals surface area contributed by atoms with Crippen LogP contribution in [0, 0.1) is 0 Å². The highest BCUT2D eigenvalue weighted by Gasteiger charge is 2.37. The first-order chi connectivity index (χ1) is 12.2. The Bertz CT molecular complexity index is 1030. The smallest absolute Gasteiger partial charge is 0.328 e. The summed E-state index contributed by atoms with van der Waals surface area (Å²) in [6, 6.07) is 9.28. The number of ether oxygens (including phenoxy) is 1. The molecule has 0 aliphatic rings. The molecular formula is C14H12O10S2. The number of ketones is 1. The van der Waals surface area contributed by atoms with Crippen LogP contribution in [0.2, 0.25) is 0 Å². The zero-order chi connectivity index (χ0) is 19.5. The van der Waals surface area contributed by atoms with Gasteiger partial charge >= 0.3 is 20.2 Å². The molecule has 2 N–H and O–H groups in total. The fraction of sp³-hybridized carbons (Fsp3) is 0.0714. The van der Waals surface area contributed by atoms with Gasteiger partial charge in [0.15, 0.2) is 10.7 Å². The average molecular weight is 404 g/mol. The van der Waals surface area contributed by atoms with Crippen LogP contribution in [-0.2, 0) is 28.9 Å². The van der Waals surface area contributed by atoms with Crippen LogP contribution in [0.5, 0.6) is 5.75 Å². The van der Waals surface area contributed by atoms with Gasteiger partial charge in [-0.15, -0.1) is 8.67 Å². The molecule has 0 saturated carbocycles. The number of hydrogen-bond donors (Lipinski definition) is 2. The van der Waals surface area contributed by atoms with Crippen molar-refractivity contribution in [3.8, 4) is 5.75 Å². The highest BCUT2D eigenvalue weighted by molar-refractivity contribution is 7.90. The Balaban J connectivity index is 2.95. The predicted molar refractivity (Wildman–Crippen MR) is 84.7 cm³/mol. The van der Waals surface area contributed by atoms with Gasteiger partial charge < -0.3 is 4.74 Å². The molecule has 0 fully saturated rings. The fourth-order valence-corrected chi connectivity index (χ4v) is 4.44. The fourth-order valence-electron chi connectivity index (χ4n) is 2.19. The summed E-state index contributed by atoms with van der Waals surface area (Å²) in [5.74, 6) is -1.46. The van der Waals surface area contributed by atoms with Crippen molar-refractivity contribution in [2.75, 3.05) is 7.11 Å². The molecule has 26 heavy (non-hydrogen) atoms.